The highest BCUT2D eigenvalue weighted by molar-refractivity contribution is 9.10. The average Bonchev–Trinajstić information content (AvgIpc) is 2.54. The Labute approximate surface area is 160 Å². The maximum absolute atomic E-state index is 13.0. The zero-order chi connectivity index (χ0) is 18.2. The molecule has 0 aliphatic heterocycles. The van der Waals surface area contributed by atoms with Gasteiger partial charge in [0.05, 0.1) is 34.0 Å². The topological polar surface area (TPSA) is 60.8 Å². The van der Waals surface area contributed by atoms with Crippen LogP contribution in [0.25, 0.3) is 10.9 Å². The van der Waals surface area contributed by atoms with E-state index in [1.54, 1.807) is 6.07 Å². The number of alkyl halides is 4. The lowest BCUT2D eigenvalue weighted by atomic mass is 10.1. The second kappa shape index (κ2) is 7.00. The van der Waals surface area contributed by atoms with E-state index in [9.17, 15) is 13.2 Å². The molecule has 0 bridgehead atoms. The van der Waals surface area contributed by atoms with Gasteiger partial charge in [-0.3, -0.25) is 0 Å². The van der Waals surface area contributed by atoms with Crippen LogP contribution in [0.4, 0.5) is 13.2 Å². The lowest BCUT2D eigenvalue weighted by Crippen LogP contribution is -2.13. The van der Waals surface area contributed by atoms with Gasteiger partial charge in [0.15, 0.2) is 0 Å². The van der Waals surface area contributed by atoms with E-state index in [0.717, 1.165) is 0 Å². The Balaban J connectivity index is 2.19. The molecule has 0 saturated carbocycles. The maximum Gasteiger partial charge on any atom is 0.451 e. The molecule has 3 rings (SSSR count). The minimum Gasteiger partial charge on any atom is -0.423 e. The molecule has 0 spiro atoms. The zero-order valence-electron chi connectivity index (χ0n) is 12.0. The summed E-state index contributed by atoms with van der Waals surface area (Å²) in [6.45, 7) is 0. The van der Waals surface area contributed by atoms with E-state index in [-0.39, 0.29) is 28.3 Å². The van der Waals surface area contributed by atoms with Crippen LogP contribution < -0.4 is 4.74 Å². The predicted octanol–water partition coefficient (Wildman–Crippen LogP) is 5.54. The smallest absolute Gasteiger partial charge is 0.423 e. The quantitative estimate of drug-likeness (QED) is 0.444. The summed E-state index contributed by atoms with van der Waals surface area (Å²) in [5.41, 5.74) is 0.212. The monoisotopic (exact) mass is 496 g/mol. The molecule has 2 heterocycles. The molecule has 0 atom stereocenters. The summed E-state index contributed by atoms with van der Waals surface area (Å²) in [4.78, 5) is 15.0. The molecule has 2 aromatic heterocycles. The van der Waals surface area contributed by atoms with Crippen LogP contribution >= 0.6 is 43.5 Å². The second-order valence-electron chi connectivity index (χ2n) is 4.71. The van der Waals surface area contributed by atoms with E-state index >= 15 is 0 Å². The Morgan fingerprint density at radius 2 is 1.80 bits per heavy atom. The predicted molar refractivity (Wildman–Crippen MR) is 92.0 cm³/mol. The number of rotatable bonds is 3. The number of benzene rings is 1. The first-order valence-corrected chi connectivity index (χ1v) is 8.86. The largest absolute Gasteiger partial charge is 0.451 e. The van der Waals surface area contributed by atoms with Crippen LogP contribution in [-0.2, 0) is 11.5 Å². The van der Waals surface area contributed by atoms with Crippen LogP contribution in [0.2, 0.25) is 5.02 Å². The molecule has 0 aliphatic rings. The van der Waals surface area contributed by atoms with Crippen LogP contribution in [-0.4, -0.2) is 19.9 Å². The summed E-state index contributed by atoms with van der Waals surface area (Å²) in [5, 5.41) is 0.728. The van der Waals surface area contributed by atoms with Gasteiger partial charge < -0.3 is 4.74 Å². The molecule has 130 valence electrons. The standard InChI is InChI=1S/C14H6Br2ClF3N4O/c15-3-9-11-8(23-12(24-9)14(18,19)20)1-6(16)2-10(11)25-13-21-4-7(17)5-22-13/h1-2,4-5H,3H2. The Morgan fingerprint density at radius 1 is 1.12 bits per heavy atom. The molecule has 5 nitrogen and oxygen atoms in total. The molecule has 25 heavy (non-hydrogen) atoms. The zero-order valence-corrected chi connectivity index (χ0v) is 15.9. The molecule has 0 unspecified atom stereocenters. The molecule has 0 amide bonds. The normalized spacial score (nSPS) is 11.8. The highest BCUT2D eigenvalue weighted by atomic mass is 79.9. The van der Waals surface area contributed by atoms with Crippen LogP contribution in [0.15, 0.2) is 29.0 Å². The number of hydrogen-bond acceptors (Lipinski definition) is 5. The first-order chi connectivity index (χ1) is 11.8. The highest BCUT2D eigenvalue weighted by Crippen LogP contribution is 2.36. The maximum atomic E-state index is 13.0. The van der Waals surface area contributed by atoms with E-state index in [1.165, 1.54) is 18.5 Å². The lowest BCUT2D eigenvalue weighted by Gasteiger charge is -2.13. The Hall–Kier alpha value is -1.52. The Kier molecular flexibility index (Phi) is 5.12. The van der Waals surface area contributed by atoms with Crippen molar-refractivity contribution in [3.63, 3.8) is 0 Å². The van der Waals surface area contributed by atoms with Crippen LogP contribution in [0.3, 0.4) is 0 Å². The van der Waals surface area contributed by atoms with Gasteiger partial charge in [0, 0.05) is 9.80 Å². The van der Waals surface area contributed by atoms with Crippen molar-refractivity contribution in [3.8, 4) is 11.8 Å². The Morgan fingerprint density at radius 3 is 2.40 bits per heavy atom. The van der Waals surface area contributed by atoms with E-state index < -0.39 is 12.0 Å². The van der Waals surface area contributed by atoms with Crippen molar-refractivity contribution >= 4 is 54.4 Å². The third-order valence-corrected chi connectivity index (χ3v) is 4.16. The third kappa shape index (κ3) is 4.01. The SMILES string of the molecule is FC(F)(F)c1nc(CBr)c2c(Oc3ncc(Cl)cn3)cc(Br)cc2n1. The summed E-state index contributed by atoms with van der Waals surface area (Å²) in [6.07, 6.45) is -1.98. The van der Waals surface area contributed by atoms with Gasteiger partial charge in [0.2, 0.25) is 5.82 Å². The number of aromatic nitrogens is 4. The van der Waals surface area contributed by atoms with Crippen molar-refractivity contribution in [3.05, 3.63) is 45.5 Å². The minimum atomic E-state index is -4.66. The number of nitrogens with zero attached hydrogens (tertiary/aromatic N) is 4. The number of halogens is 6. The van der Waals surface area contributed by atoms with Gasteiger partial charge in [-0.2, -0.15) is 13.2 Å². The van der Waals surface area contributed by atoms with Crippen LogP contribution in [0.5, 0.6) is 11.8 Å². The van der Waals surface area contributed by atoms with Gasteiger partial charge in [-0.15, -0.1) is 0 Å². The summed E-state index contributed by atoms with van der Waals surface area (Å²) in [5.74, 6) is -1.00. The van der Waals surface area contributed by atoms with Crippen LogP contribution in [0, 0.1) is 0 Å². The number of hydrogen-bond donors (Lipinski definition) is 0. The summed E-state index contributed by atoms with van der Waals surface area (Å²) < 4.78 is 45.1. The average molecular weight is 498 g/mol. The number of fused-ring (bicyclic) bond motifs is 1. The Bertz CT molecular complexity index is 938. The molecular weight excluding hydrogens is 492 g/mol. The molecule has 11 heteroatoms. The lowest BCUT2D eigenvalue weighted by molar-refractivity contribution is -0.144. The van der Waals surface area contributed by atoms with Crippen molar-refractivity contribution in [2.45, 2.75) is 11.5 Å². The molecule has 0 radical (unpaired) electrons. The fourth-order valence-corrected chi connectivity index (χ4v) is 2.95. The van der Waals surface area contributed by atoms with Gasteiger partial charge in [-0.05, 0) is 12.1 Å². The molecular formula is C14H6Br2ClF3N4O. The van der Waals surface area contributed by atoms with Crippen molar-refractivity contribution in [1.82, 2.24) is 19.9 Å². The van der Waals surface area contributed by atoms with Crippen molar-refractivity contribution in [1.29, 1.82) is 0 Å². The van der Waals surface area contributed by atoms with E-state index in [4.69, 9.17) is 16.3 Å². The summed E-state index contributed by atoms with van der Waals surface area (Å²) in [7, 11) is 0. The third-order valence-electron chi connectivity index (χ3n) is 2.98. The minimum absolute atomic E-state index is 0.00998. The van der Waals surface area contributed by atoms with Gasteiger partial charge in [0.25, 0.3) is 0 Å². The highest BCUT2D eigenvalue weighted by Gasteiger charge is 2.35. The molecule has 3 aromatic rings. The number of ether oxygens (including phenoxy) is 1. The summed E-state index contributed by atoms with van der Waals surface area (Å²) in [6, 6.07) is 3.01. The van der Waals surface area contributed by atoms with E-state index in [1.807, 2.05) is 0 Å². The first kappa shape index (κ1) is 18.3. The summed E-state index contributed by atoms with van der Waals surface area (Å²) >= 11 is 12.1. The van der Waals surface area contributed by atoms with Gasteiger partial charge in [0.1, 0.15) is 5.75 Å². The van der Waals surface area contributed by atoms with Gasteiger partial charge in [-0.1, -0.05) is 43.5 Å². The molecule has 0 saturated heterocycles. The van der Waals surface area contributed by atoms with E-state index in [2.05, 4.69) is 51.8 Å². The first-order valence-electron chi connectivity index (χ1n) is 6.56. The molecule has 0 aliphatic carbocycles. The molecule has 1 aromatic carbocycles. The second-order valence-corrected chi connectivity index (χ2v) is 6.62. The molecule has 0 N–H and O–H groups in total. The van der Waals surface area contributed by atoms with Crippen LogP contribution in [0.1, 0.15) is 11.5 Å². The van der Waals surface area contributed by atoms with Crippen molar-refractivity contribution in [2.75, 3.05) is 0 Å². The van der Waals surface area contributed by atoms with Gasteiger partial charge >= 0.3 is 12.2 Å². The van der Waals surface area contributed by atoms with Crippen molar-refractivity contribution < 1.29 is 17.9 Å². The van der Waals surface area contributed by atoms with Crippen molar-refractivity contribution in [2.24, 2.45) is 0 Å². The fourth-order valence-electron chi connectivity index (χ4n) is 2.02. The molecule has 0 fully saturated rings. The van der Waals surface area contributed by atoms with E-state index in [0.29, 0.717) is 14.9 Å². The van der Waals surface area contributed by atoms with Gasteiger partial charge in [-0.25, -0.2) is 19.9 Å². The fraction of sp³-hybridized carbons (Fsp3) is 0.143.